The van der Waals surface area contributed by atoms with Gasteiger partial charge in [0.05, 0.1) is 22.2 Å². The van der Waals surface area contributed by atoms with Crippen LogP contribution in [0.2, 0.25) is 5.02 Å². The van der Waals surface area contributed by atoms with Gasteiger partial charge in [-0.1, -0.05) is 59.1 Å². The Bertz CT molecular complexity index is 1230. The molecule has 0 aliphatic carbocycles. The van der Waals surface area contributed by atoms with Gasteiger partial charge in [-0.3, -0.25) is 9.10 Å². The average molecular weight is 487 g/mol. The number of aryl methyl sites for hydroxylation is 3. The summed E-state index contributed by atoms with van der Waals surface area (Å²) in [4.78, 5) is 12.8. The molecule has 8 heteroatoms. The number of sulfonamides is 1. The molecule has 0 radical (unpaired) electrons. The molecule has 0 aliphatic rings. The van der Waals surface area contributed by atoms with Crippen molar-refractivity contribution in [3.63, 3.8) is 0 Å². The standard InChI is InChI=1S/C25H27ClN2O4S/c1-18-8-11-21(12-9-18)33(30,31)28(23-13-10-19(2)16-20(23)3)17-25(29)27-14-15-32-24-7-5-4-6-22(24)26/h4-13,16H,14-15,17H2,1-3H3,(H,27,29). The monoisotopic (exact) mass is 486 g/mol. The van der Waals surface area contributed by atoms with Gasteiger partial charge in [-0.25, -0.2) is 8.42 Å². The first-order valence-corrected chi connectivity index (χ1v) is 12.3. The number of ether oxygens (including phenoxy) is 1. The summed E-state index contributed by atoms with van der Waals surface area (Å²) in [6.07, 6.45) is 0. The van der Waals surface area contributed by atoms with Gasteiger partial charge < -0.3 is 10.1 Å². The molecule has 3 aromatic carbocycles. The fourth-order valence-corrected chi connectivity index (χ4v) is 5.00. The molecule has 1 N–H and O–H groups in total. The lowest BCUT2D eigenvalue weighted by Gasteiger charge is -2.26. The smallest absolute Gasteiger partial charge is 0.264 e. The van der Waals surface area contributed by atoms with E-state index in [0.717, 1.165) is 21.0 Å². The molecule has 0 saturated carbocycles. The van der Waals surface area contributed by atoms with Gasteiger partial charge in [0.25, 0.3) is 10.0 Å². The first kappa shape index (κ1) is 24.6. The molecular formula is C25H27ClN2O4S. The number of hydrogen-bond acceptors (Lipinski definition) is 4. The second-order valence-corrected chi connectivity index (χ2v) is 10.0. The highest BCUT2D eigenvalue weighted by molar-refractivity contribution is 7.92. The summed E-state index contributed by atoms with van der Waals surface area (Å²) in [5, 5.41) is 3.20. The second-order valence-electron chi connectivity index (χ2n) is 7.74. The van der Waals surface area contributed by atoms with Gasteiger partial charge in [0.15, 0.2) is 0 Å². The Balaban J connectivity index is 1.76. The van der Waals surface area contributed by atoms with E-state index in [4.69, 9.17) is 16.3 Å². The zero-order valence-electron chi connectivity index (χ0n) is 18.8. The molecule has 0 aliphatic heterocycles. The fraction of sp³-hybridized carbons (Fsp3) is 0.240. The second kappa shape index (κ2) is 10.7. The Hall–Kier alpha value is -3.03. The number of hydrogen-bond donors (Lipinski definition) is 1. The minimum atomic E-state index is -3.96. The summed E-state index contributed by atoms with van der Waals surface area (Å²) < 4.78 is 33.7. The number of benzene rings is 3. The van der Waals surface area contributed by atoms with Crippen LogP contribution >= 0.6 is 11.6 Å². The largest absolute Gasteiger partial charge is 0.490 e. The normalized spacial score (nSPS) is 11.2. The maximum Gasteiger partial charge on any atom is 0.264 e. The van der Waals surface area contributed by atoms with Crippen molar-refractivity contribution in [2.24, 2.45) is 0 Å². The van der Waals surface area contributed by atoms with Crippen LogP contribution in [0.25, 0.3) is 0 Å². The van der Waals surface area contributed by atoms with Gasteiger partial charge in [-0.15, -0.1) is 0 Å². The summed E-state index contributed by atoms with van der Waals surface area (Å²) in [6, 6.07) is 19.1. The lowest BCUT2D eigenvalue weighted by atomic mass is 10.1. The van der Waals surface area contributed by atoms with E-state index in [1.54, 1.807) is 54.6 Å². The van der Waals surface area contributed by atoms with Gasteiger partial charge in [-0.05, 0) is 56.7 Å². The minimum Gasteiger partial charge on any atom is -0.490 e. The maximum atomic E-state index is 13.5. The Labute approximate surface area is 200 Å². The third-order valence-corrected chi connectivity index (χ3v) is 7.12. The predicted molar refractivity (Wildman–Crippen MR) is 132 cm³/mol. The number of anilines is 1. The molecular weight excluding hydrogens is 460 g/mol. The molecule has 0 spiro atoms. The molecule has 0 saturated heterocycles. The molecule has 0 unspecified atom stereocenters. The van der Waals surface area contributed by atoms with Crippen molar-refractivity contribution in [2.75, 3.05) is 24.0 Å². The average Bonchev–Trinajstić information content (AvgIpc) is 2.77. The molecule has 3 aromatic rings. The molecule has 0 atom stereocenters. The van der Waals surface area contributed by atoms with E-state index in [1.807, 2.05) is 32.9 Å². The molecule has 1 amide bonds. The number of rotatable bonds is 9. The van der Waals surface area contributed by atoms with E-state index in [9.17, 15) is 13.2 Å². The van der Waals surface area contributed by atoms with Crippen LogP contribution in [-0.4, -0.2) is 34.0 Å². The van der Waals surface area contributed by atoms with Crippen LogP contribution in [0.5, 0.6) is 5.75 Å². The van der Waals surface area contributed by atoms with Crippen molar-refractivity contribution < 1.29 is 17.9 Å². The highest BCUT2D eigenvalue weighted by atomic mass is 35.5. The third kappa shape index (κ3) is 6.27. The number of nitrogens with zero attached hydrogens (tertiary/aromatic N) is 1. The van der Waals surface area contributed by atoms with E-state index in [0.29, 0.717) is 16.5 Å². The highest BCUT2D eigenvalue weighted by Crippen LogP contribution is 2.28. The Morgan fingerprint density at radius 1 is 0.970 bits per heavy atom. The summed E-state index contributed by atoms with van der Waals surface area (Å²) in [6.45, 7) is 5.69. The highest BCUT2D eigenvalue weighted by Gasteiger charge is 2.28. The number of amides is 1. The Kier molecular flexibility index (Phi) is 8.00. The van der Waals surface area contributed by atoms with Gasteiger partial charge in [0.2, 0.25) is 5.91 Å². The van der Waals surface area contributed by atoms with E-state index >= 15 is 0 Å². The van der Waals surface area contributed by atoms with Crippen molar-refractivity contribution in [3.05, 3.63) is 88.4 Å². The third-order valence-electron chi connectivity index (χ3n) is 5.04. The molecule has 0 bridgehead atoms. The quantitative estimate of drug-likeness (QED) is 0.446. The van der Waals surface area contributed by atoms with E-state index in [-0.39, 0.29) is 24.6 Å². The molecule has 6 nitrogen and oxygen atoms in total. The summed E-state index contributed by atoms with van der Waals surface area (Å²) in [5.41, 5.74) is 3.18. The zero-order chi connectivity index (χ0) is 24.0. The van der Waals surface area contributed by atoms with E-state index < -0.39 is 15.9 Å². The van der Waals surface area contributed by atoms with Crippen molar-refractivity contribution in [1.82, 2.24) is 5.32 Å². The number of para-hydroxylation sites is 1. The number of nitrogens with one attached hydrogen (secondary N) is 1. The molecule has 0 aromatic heterocycles. The topological polar surface area (TPSA) is 75.7 Å². The summed E-state index contributed by atoms with van der Waals surface area (Å²) >= 11 is 6.06. The van der Waals surface area contributed by atoms with Gasteiger partial charge in [0, 0.05) is 0 Å². The van der Waals surface area contributed by atoms with E-state index in [2.05, 4.69) is 5.32 Å². The first-order chi connectivity index (χ1) is 15.7. The minimum absolute atomic E-state index is 0.128. The van der Waals surface area contributed by atoms with Gasteiger partial charge in [0.1, 0.15) is 18.9 Å². The molecule has 33 heavy (non-hydrogen) atoms. The molecule has 174 valence electrons. The van der Waals surface area contributed by atoms with Crippen molar-refractivity contribution >= 4 is 33.2 Å². The van der Waals surface area contributed by atoms with Crippen LogP contribution in [0.15, 0.2) is 71.6 Å². The SMILES string of the molecule is Cc1ccc(S(=O)(=O)N(CC(=O)NCCOc2ccccc2Cl)c2ccc(C)cc2C)cc1. The zero-order valence-corrected chi connectivity index (χ0v) is 20.4. The van der Waals surface area contributed by atoms with Crippen LogP contribution in [-0.2, 0) is 14.8 Å². The van der Waals surface area contributed by atoms with Crippen LogP contribution in [0.3, 0.4) is 0 Å². The Morgan fingerprint density at radius 3 is 2.30 bits per heavy atom. The van der Waals surface area contributed by atoms with Gasteiger partial charge >= 0.3 is 0 Å². The van der Waals surface area contributed by atoms with Crippen LogP contribution in [0.1, 0.15) is 16.7 Å². The van der Waals surface area contributed by atoms with Crippen molar-refractivity contribution in [3.8, 4) is 5.75 Å². The maximum absolute atomic E-state index is 13.5. The molecule has 0 heterocycles. The fourth-order valence-electron chi connectivity index (χ4n) is 3.32. The van der Waals surface area contributed by atoms with Crippen molar-refractivity contribution in [2.45, 2.75) is 25.7 Å². The lowest BCUT2D eigenvalue weighted by Crippen LogP contribution is -2.42. The Morgan fingerprint density at radius 2 is 1.64 bits per heavy atom. The van der Waals surface area contributed by atoms with Crippen molar-refractivity contribution in [1.29, 1.82) is 0 Å². The van der Waals surface area contributed by atoms with Gasteiger partial charge in [-0.2, -0.15) is 0 Å². The molecule has 0 fully saturated rings. The van der Waals surface area contributed by atoms with E-state index in [1.165, 1.54) is 0 Å². The molecule has 3 rings (SSSR count). The van der Waals surface area contributed by atoms with Crippen LogP contribution < -0.4 is 14.4 Å². The number of carbonyl (C=O) groups excluding carboxylic acids is 1. The summed E-state index contributed by atoms with van der Waals surface area (Å²) in [7, 11) is -3.96. The van der Waals surface area contributed by atoms with Crippen LogP contribution in [0, 0.1) is 20.8 Å². The predicted octanol–water partition coefficient (Wildman–Crippen LogP) is 4.66. The number of halogens is 1. The number of carbonyl (C=O) groups is 1. The summed E-state index contributed by atoms with van der Waals surface area (Å²) in [5.74, 6) is 0.0840. The lowest BCUT2D eigenvalue weighted by molar-refractivity contribution is -0.119. The first-order valence-electron chi connectivity index (χ1n) is 10.5. The van der Waals surface area contributed by atoms with Crippen LogP contribution in [0.4, 0.5) is 5.69 Å².